The van der Waals surface area contributed by atoms with Gasteiger partial charge in [0, 0.05) is 17.3 Å². The number of hydrogen-bond donors (Lipinski definition) is 1. The summed E-state index contributed by atoms with van der Waals surface area (Å²) in [6.45, 7) is 5.68. The molecule has 2 heterocycles. The second kappa shape index (κ2) is 12.3. The summed E-state index contributed by atoms with van der Waals surface area (Å²) in [5.74, 6) is 0.185. The smallest absolute Gasteiger partial charge is 0.249 e. The van der Waals surface area contributed by atoms with Crippen molar-refractivity contribution in [2.75, 3.05) is 19.1 Å². The van der Waals surface area contributed by atoms with E-state index in [1.165, 1.54) is 27.7 Å². The first kappa shape index (κ1) is 29.2. The average Bonchev–Trinajstić information content (AvgIpc) is 3.70. The van der Waals surface area contributed by atoms with Crippen molar-refractivity contribution in [1.82, 2.24) is 40.5 Å². The summed E-state index contributed by atoms with van der Waals surface area (Å²) in [5.41, 5.74) is 2.34. The van der Waals surface area contributed by atoms with Crippen LogP contribution in [-0.2, 0) is 16.1 Å². The van der Waals surface area contributed by atoms with Gasteiger partial charge in [0.05, 0.1) is 19.7 Å². The number of benzene rings is 3. The maximum Gasteiger partial charge on any atom is 0.249 e. The Morgan fingerprint density at radius 3 is 2.53 bits per heavy atom. The second-order valence-corrected chi connectivity index (χ2v) is 10.5. The van der Waals surface area contributed by atoms with Crippen LogP contribution in [-0.4, -0.2) is 66.8 Å². The fraction of sp³-hybridized carbons (Fsp3) is 0.300. The van der Waals surface area contributed by atoms with E-state index < -0.39 is 17.5 Å². The molecular formula is C30H33N9O4. The van der Waals surface area contributed by atoms with Gasteiger partial charge >= 0.3 is 0 Å². The molecule has 0 spiro atoms. The quantitative estimate of drug-likeness (QED) is 0.247. The van der Waals surface area contributed by atoms with E-state index in [0.29, 0.717) is 45.9 Å². The summed E-state index contributed by atoms with van der Waals surface area (Å²) < 4.78 is 14.1. The summed E-state index contributed by atoms with van der Waals surface area (Å²) in [6.07, 6.45) is 2.12. The topological polar surface area (TPSA) is 142 Å². The van der Waals surface area contributed by atoms with Crippen LogP contribution in [0.5, 0.6) is 11.5 Å². The van der Waals surface area contributed by atoms with Crippen molar-refractivity contribution in [2.45, 2.75) is 45.3 Å². The fourth-order valence-corrected chi connectivity index (χ4v) is 4.67. The van der Waals surface area contributed by atoms with E-state index in [-0.39, 0.29) is 12.5 Å². The fourth-order valence-electron chi connectivity index (χ4n) is 4.67. The van der Waals surface area contributed by atoms with Crippen LogP contribution < -0.4 is 19.7 Å². The summed E-state index contributed by atoms with van der Waals surface area (Å²) in [7, 11) is 3.06. The van der Waals surface area contributed by atoms with Gasteiger partial charge in [0.15, 0.2) is 0 Å². The van der Waals surface area contributed by atoms with E-state index in [4.69, 9.17) is 9.47 Å². The van der Waals surface area contributed by atoms with Crippen LogP contribution in [0.4, 0.5) is 5.69 Å². The largest absolute Gasteiger partial charge is 0.497 e. The first-order valence-electron chi connectivity index (χ1n) is 13.7. The number of nitrogens with zero attached hydrogens (tertiary/aromatic N) is 8. The Labute approximate surface area is 248 Å². The average molecular weight is 584 g/mol. The highest BCUT2D eigenvalue weighted by Gasteiger charge is 2.36. The molecule has 3 aromatic carbocycles. The van der Waals surface area contributed by atoms with Gasteiger partial charge in [-0.1, -0.05) is 36.4 Å². The molecule has 0 aliphatic heterocycles. The predicted molar refractivity (Wildman–Crippen MR) is 159 cm³/mol. The molecule has 0 saturated carbocycles. The normalized spacial score (nSPS) is 12.1. The van der Waals surface area contributed by atoms with E-state index in [1.807, 2.05) is 45.0 Å². The summed E-state index contributed by atoms with van der Waals surface area (Å²) in [4.78, 5) is 30.1. The van der Waals surface area contributed by atoms with E-state index in [2.05, 4.69) is 31.2 Å². The molecule has 1 N–H and O–H groups in total. The highest BCUT2D eigenvalue weighted by Crippen LogP contribution is 2.35. The van der Waals surface area contributed by atoms with E-state index >= 15 is 0 Å². The summed E-state index contributed by atoms with van der Waals surface area (Å²) in [5, 5.41) is 22.9. The standard InChI is InChI=1S/C30H33N9O4/c1-6-30(2,3)32-29(41)28(20-10-9-11-22(16-20)42-4)39(27(40)18-37-24-13-8-7-12-23(24)33-35-37)21-14-15-25(26(17-21)43-5)38-19-31-34-36-38/h7-17,19,28H,6,18H2,1-5H3,(H,32,41). The zero-order chi connectivity index (χ0) is 30.6. The number of para-hydroxylation sites is 1. The molecule has 0 radical (unpaired) electrons. The molecule has 43 heavy (non-hydrogen) atoms. The van der Waals surface area contributed by atoms with E-state index in [9.17, 15) is 9.59 Å². The van der Waals surface area contributed by atoms with Crippen molar-refractivity contribution in [3.63, 3.8) is 0 Å². The zero-order valence-electron chi connectivity index (χ0n) is 24.6. The van der Waals surface area contributed by atoms with Crippen molar-refractivity contribution in [2.24, 2.45) is 0 Å². The molecule has 2 amide bonds. The molecule has 1 unspecified atom stereocenters. The molecule has 0 fully saturated rings. The van der Waals surface area contributed by atoms with Crippen LogP contribution in [0.25, 0.3) is 16.7 Å². The molecular weight excluding hydrogens is 550 g/mol. The highest BCUT2D eigenvalue weighted by atomic mass is 16.5. The summed E-state index contributed by atoms with van der Waals surface area (Å²) in [6, 6.07) is 18.5. The zero-order valence-corrected chi connectivity index (χ0v) is 24.6. The van der Waals surface area contributed by atoms with E-state index in [0.717, 1.165) is 0 Å². The van der Waals surface area contributed by atoms with Gasteiger partial charge in [-0.25, -0.2) is 4.68 Å². The van der Waals surface area contributed by atoms with Crippen LogP contribution in [0.2, 0.25) is 0 Å². The third-order valence-corrected chi connectivity index (χ3v) is 7.27. The van der Waals surface area contributed by atoms with Gasteiger partial charge in [0.25, 0.3) is 0 Å². The van der Waals surface area contributed by atoms with Gasteiger partial charge in [-0.05, 0) is 72.7 Å². The molecule has 222 valence electrons. The summed E-state index contributed by atoms with van der Waals surface area (Å²) >= 11 is 0. The lowest BCUT2D eigenvalue weighted by Crippen LogP contribution is -2.51. The van der Waals surface area contributed by atoms with Gasteiger partial charge in [-0.2, -0.15) is 4.68 Å². The number of ether oxygens (including phenoxy) is 2. The van der Waals surface area contributed by atoms with Gasteiger partial charge in [-0.15, -0.1) is 10.2 Å². The Morgan fingerprint density at radius 1 is 1.00 bits per heavy atom. The number of aromatic nitrogens is 7. The predicted octanol–water partition coefficient (Wildman–Crippen LogP) is 3.50. The molecule has 0 bridgehead atoms. The first-order chi connectivity index (χ1) is 20.7. The maximum atomic E-state index is 14.4. The number of carbonyl (C=O) groups excluding carboxylic acids is 2. The molecule has 1 atom stereocenters. The Morgan fingerprint density at radius 2 is 1.81 bits per heavy atom. The molecule has 13 heteroatoms. The number of amides is 2. The first-order valence-corrected chi connectivity index (χ1v) is 13.7. The van der Waals surface area contributed by atoms with Crippen LogP contribution in [0.1, 0.15) is 38.8 Å². The van der Waals surface area contributed by atoms with Gasteiger partial charge in [0.1, 0.15) is 41.6 Å². The minimum absolute atomic E-state index is 0.178. The van der Waals surface area contributed by atoms with Crippen molar-refractivity contribution >= 4 is 28.5 Å². The van der Waals surface area contributed by atoms with Crippen molar-refractivity contribution in [3.05, 3.63) is 78.6 Å². The molecule has 0 aliphatic rings. The van der Waals surface area contributed by atoms with Gasteiger partial charge in [0.2, 0.25) is 11.8 Å². The van der Waals surface area contributed by atoms with Crippen LogP contribution in [0, 0.1) is 0 Å². The molecule has 0 aliphatic carbocycles. The molecule has 2 aromatic heterocycles. The third kappa shape index (κ3) is 6.15. The van der Waals surface area contributed by atoms with Crippen molar-refractivity contribution in [1.29, 1.82) is 0 Å². The van der Waals surface area contributed by atoms with Crippen LogP contribution in [0.15, 0.2) is 73.1 Å². The number of anilines is 1. The van der Waals surface area contributed by atoms with Gasteiger partial charge < -0.3 is 14.8 Å². The van der Waals surface area contributed by atoms with Crippen molar-refractivity contribution < 1.29 is 19.1 Å². The third-order valence-electron chi connectivity index (χ3n) is 7.27. The number of methoxy groups -OCH3 is 2. The minimum atomic E-state index is -1.08. The number of nitrogens with one attached hydrogen (secondary N) is 1. The molecule has 13 nitrogen and oxygen atoms in total. The number of hydrogen-bond acceptors (Lipinski definition) is 9. The number of fused-ring (bicyclic) bond motifs is 1. The van der Waals surface area contributed by atoms with E-state index in [1.54, 1.807) is 49.6 Å². The number of carbonyl (C=O) groups is 2. The molecule has 0 saturated heterocycles. The lowest BCUT2D eigenvalue weighted by Gasteiger charge is -2.35. The Hall–Kier alpha value is -5.33. The lowest BCUT2D eigenvalue weighted by atomic mass is 9.98. The Kier molecular flexibility index (Phi) is 8.32. The Bertz CT molecular complexity index is 1730. The van der Waals surface area contributed by atoms with Crippen LogP contribution in [0.3, 0.4) is 0 Å². The highest BCUT2D eigenvalue weighted by molar-refractivity contribution is 6.02. The molecule has 5 rings (SSSR count). The number of rotatable bonds is 11. The Balaban J connectivity index is 1.67. The monoisotopic (exact) mass is 583 g/mol. The van der Waals surface area contributed by atoms with Gasteiger partial charge in [-0.3, -0.25) is 14.5 Å². The maximum absolute atomic E-state index is 14.4. The SMILES string of the molecule is CCC(C)(C)NC(=O)C(c1cccc(OC)c1)N(C(=O)Cn1nnc2ccccc21)c1ccc(-n2cnnn2)c(OC)c1. The van der Waals surface area contributed by atoms with Crippen molar-refractivity contribution in [3.8, 4) is 17.2 Å². The van der Waals surface area contributed by atoms with Crippen LogP contribution >= 0.6 is 0 Å². The second-order valence-electron chi connectivity index (χ2n) is 10.5. The number of tetrazole rings is 1. The molecule has 5 aromatic rings. The minimum Gasteiger partial charge on any atom is -0.497 e. The lowest BCUT2D eigenvalue weighted by molar-refractivity contribution is -0.128.